The summed E-state index contributed by atoms with van der Waals surface area (Å²) in [5, 5.41) is 0. The minimum atomic E-state index is 0.221. The number of likely N-dealkylation sites (N-methyl/N-ethyl adjacent to an activating group) is 1. The summed E-state index contributed by atoms with van der Waals surface area (Å²) < 4.78 is 0. The highest BCUT2D eigenvalue weighted by Gasteiger charge is 2.23. The molecule has 1 heterocycles. The molecule has 0 N–H and O–H groups in total. The molecule has 1 rings (SSSR count). The monoisotopic (exact) mass is 420 g/mol. The maximum atomic E-state index is 12.6. The quantitative estimate of drug-likeness (QED) is 0.285. The molecular weight excluding hydrogens is 368 g/mol. The lowest BCUT2D eigenvalue weighted by Gasteiger charge is -2.35. The van der Waals surface area contributed by atoms with E-state index in [9.17, 15) is 4.79 Å². The number of piperidine rings is 1. The zero-order valence-electron chi connectivity index (χ0n) is 21.4. The molecule has 0 aromatic carbocycles. The Morgan fingerprint density at radius 1 is 0.967 bits per heavy atom. The Hall–Kier alpha value is -0.830. The summed E-state index contributed by atoms with van der Waals surface area (Å²) in [6, 6.07) is 0.509. The first kappa shape index (κ1) is 27.2. The average molecular weight is 421 g/mol. The average Bonchev–Trinajstić information content (AvgIpc) is 2.67. The molecule has 1 aliphatic heterocycles. The number of rotatable bonds is 14. The van der Waals surface area contributed by atoms with Gasteiger partial charge in [0.05, 0.1) is 0 Å². The number of hydrogen-bond donors (Lipinski definition) is 0. The molecule has 0 bridgehead atoms. The smallest absolute Gasteiger partial charge is 0.246 e. The van der Waals surface area contributed by atoms with Gasteiger partial charge in [-0.1, -0.05) is 78.2 Å². The number of allylic oxidation sites excluding steroid dienone is 1. The van der Waals surface area contributed by atoms with Crippen LogP contribution in [0.1, 0.15) is 105 Å². The summed E-state index contributed by atoms with van der Waals surface area (Å²) >= 11 is 0. The molecule has 3 heteroatoms. The van der Waals surface area contributed by atoms with Crippen LogP contribution in [0, 0.1) is 17.8 Å². The van der Waals surface area contributed by atoms with Crippen LogP contribution in [0.2, 0.25) is 0 Å². The van der Waals surface area contributed by atoms with E-state index in [4.69, 9.17) is 0 Å². The second-order valence-corrected chi connectivity index (χ2v) is 10.9. The van der Waals surface area contributed by atoms with E-state index in [1.807, 2.05) is 11.0 Å². The van der Waals surface area contributed by atoms with Crippen LogP contribution < -0.4 is 0 Å². The first-order valence-electron chi connectivity index (χ1n) is 12.8. The molecule has 0 aromatic heterocycles. The fourth-order valence-corrected chi connectivity index (χ4v) is 4.66. The van der Waals surface area contributed by atoms with Gasteiger partial charge in [-0.2, -0.15) is 0 Å². The number of carbonyl (C=O) groups is 1. The predicted molar refractivity (Wildman–Crippen MR) is 132 cm³/mol. The molecule has 30 heavy (non-hydrogen) atoms. The Morgan fingerprint density at radius 3 is 2.10 bits per heavy atom. The van der Waals surface area contributed by atoms with Crippen molar-refractivity contribution in [1.29, 1.82) is 0 Å². The Kier molecular flexibility index (Phi) is 13.6. The van der Waals surface area contributed by atoms with Gasteiger partial charge in [-0.25, -0.2) is 0 Å². The summed E-state index contributed by atoms with van der Waals surface area (Å²) in [5.74, 6) is 2.76. The van der Waals surface area contributed by atoms with Crippen molar-refractivity contribution >= 4 is 5.91 Å². The van der Waals surface area contributed by atoms with Gasteiger partial charge in [0.15, 0.2) is 0 Å². The number of amides is 1. The Morgan fingerprint density at radius 2 is 1.53 bits per heavy atom. The molecule has 176 valence electrons. The molecule has 0 saturated carbocycles. The Balaban J connectivity index is 2.18. The maximum absolute atomic E-state index is 12.6. The van der Waals surface area contributed by atoms with Crippen LogP contribution in [0.5, 0.6) is 0 Å². The van der Waals surface area contributed by atoms with Gasteiger partial charge >= 0.3 is 0 Å². The van der Waals surface area contributed by atoms with Crippen molar-refractivity contribution in [1.82, 2.24) is 9.80 Å². The SMILES string of the molecule is C/C(=C\C(=O)N1CCCC(N(C)C)C1)CCCC(C)CCCC(C)CCCC(C)C. The third-order valence-electron chi connectivity index (χ3n) is 6.95. The molecule has 0 aromatic rings. The van der Waals surface area contributed by atoms with E-state index in [1.165, 1.54) is 63.4 Å². The Labute approximate surface area is 188 Å². The first-order chi connectivity index (χ1) is 14.2. The normalized spacial score (nSPS) is 20.1. The fraction of sp³-hybridized carbons (Fsp3) is 0.889. The molecule has 1 aliphatic rings. The van der Waals surface area contributed by atoms with Crippen LogP contribution >= 0.6 is 0 Å². The van der Waals surface area contributed by atoms with Gasteiger partial charge < -0.3 is 9.80 Å². The largest absolute Gasteiger partial charge is 0.338 e. The minimum Gasteiger partial charge on any atom is -0.338 e. The van der Waals surface area contributed by atoms with Crippen molar-refractivity contribution < 1.29 is 4.79 Å². The highest BCUT2D eigenvalue weighted by atomic mass is 16.2. The summed E-state index contributed by atoms with van der Waals surface area (Å²) in [6.07, 6.45) is 16.1. The molecule has 3 nitrogen and oxygen atoms in total. The summed E-state index contributed by atoms with van der Waals surface area (Å²) in [4.78, 5) is 16.9. The number of hydrogen-bond acceptors (Lipinski definition) is 2. The van der Waals surface area contributed by atoms with Crippen LogP contribution in [-0.4, -0.2) is 48.9 Å². The molecule has 3 atom stereocenters. The second-order valence-electron chi connectivity index (χ2n) is 10.9. The van der Waals surface area contributed by atoms with E-state index in [-0.39, 0.29) is 5.91 Å². The minimum absolute atomic E-state index is 0.221. The number of nitrogens with zero attached hydrogens (tertiary/aromatic N) is 2. The number of carbonyl (C=O) groups excluding carboxylic acids is 1. The molecule has 0 aliphatic carbocycles. The molecule has 0 radical (unpaired) electrons. The van der Waals surface area contributed by atoms with Gasteiger partial charge in [0.25, 0.3) is 0 Å². The van der Waals surface area contributed by atoms with E-state index in [1.54, 1.807) is 0 Å². The topological polar surface area (TPSA) is 23.6 Å². The Bertz CT molecular complexity index is 497. The van der Waals surface area contributed by atoms with Crippen molar-refractivity contribution in [2.75, 3.05) is 27.2 Å². The zero-order chi connectivity index (χ0) is 22.5. The van der Waals surface area contributed by atoms with E-state index in [0.29, 0.717) is 6.04 Å². The van der Waals surface area contributed by atoms with E-state index in [2.05, 4.69) is 53.6 Å². The molecule has 0 spiro atoms. The first-order valence-corrected chi connectivity index (χ1v) is 12.8. The van der Waals surface area contributed by atoms with Crippen LogP contribution in [0.4, 0.5) is 0 Å². The zero-order valence-corrected chi connectivity index (χ0v) is 21.4. The van der Waals surface area contributed by atoms with Gasteiger partial charge in [-0.05, 0) is 64.5 Å². The van der Waals surface area contributed by atoms with Gasteiger partial charge in [-0.15, -0.1) is 0 Å². The van der Waals surface area contributed by atoms with Gasteiger partial charge in [0.2, 0.25) is 5.91 Å². The summed E-state index contributed by atoms with van der Waals surface area (Å²) in [7, 11) is 4.24. The van der Waals surface area contributed by atoms with Gasteiger partial charge in [0.1, 0.15) is 0 Å². The predicted octanol–water partition coefficient (Wildman–Crippen LogP) is 6.92. The lowest BCUT2D eigenvalue weighted by Crippen LogP contribution is -2.47. The third kappa shape index (κ3) is 12.1. The molecule has 3 unspecified atom stereocenters. The van der Waals surface area contributed by atoms with Crippen molar-refractivity contribution in [2.45, 2.75) is 111 Å². The summed E-state index contributed by atoms with van der Waals surface area (Å²) in [6.45, 7) is 13.4. The van der Waals surface area contributed by atoms with Crippen LogP contribution in [0.15, 0.2) is 11.6 Å². The highest BCUT2D eigenvalue weighted by molar-refractivity contribution is 5.88. The lowest BCUT2D eigenvalue weighted by atomic mass is 9.91. The van der Waals surface area contributed by atoms with Crippen LogP contribution in [0.25, 0.3) is 0 Å². The van der Waals surface area contributed by atoms with E-state index < -0.39 is 0 Å². The van der Waals surface area contributed by atoms with Crippen LogP contribution in [-0.2, 0) is 4.79 Å². The lowest BCUT2D eigenvalue weighted by molar-refractivity contribution is -0.127. The fourth-order valence-electron chi connectivity index (χ4n) is 4.66. The van der Waals surface area contributed by atoms with Crippen molar-refractivity contribution in [2.24, 2.45) is 17.8 Å². The standard InChI is InChI=1S/C27H52N2O/c1-22(2)12-8-13-23(3)14-9-15-24(4)16-10-17-25(5)20-27(30)29-19-11-18-26(21-29)28(6)7/h20,22-24,26H,8-19,21H2,1-7H3/b25-20+. The molecule has 1 amide bonds. The van der Waals surface area contributed by atoms with E-state index >= 15 is 0 Å². The molecular formula is C27H52N2O. The summed E-state index contributed by atoms with van der Waals surface area (Å²) in [5.41, 5.74) is 1.25. The van der Waals surface area contributed by atoms with Crippen molar-refractivity contribution in [3.63, 3.8) is 0 Å². The number of likely N-dealkylation sites (tertiary alicyclic amines) is 1. The second kappa shape index (κ2) is 15.1. The van der Waals surface area contributed by atoms with Gasteiger partial charge in [-0.3, -0.25) is 4.79 Å². The third-order valence-corrected chi connectivity index (χ3v) is 6.95. The van der Waals surface area contributed by atoms with Gasteiger partial charge in [0, 0.05) is 25.2 Å². The highest BCUT2D eigenvalue weighted by Crippen LogP contribution is 2.22. The van der Waals surface area contributed by atoms with Crippen LogP contribution in [0.3, 0.4) is 0 Å². The van der Waals surface area contributed by atoms with Crippen molar-refractivity contribution in [3.8, 4) is 0 Å². The molecule has 1 fully saturated rings. The molecule has 1 saturated heterocycles. The van der Waals surface area contributed by atoms with E-state index in [0.717, 1.165) is 43.7 Å². The van der Waals surface area contributed by atoms with Crippen molar-refractivity contribution in [3.05, 3.63) is 11.6 Å². The maximum Gasteiger partial charge on any atom is 0.246 e.